The third-order valence-electron chi connectivity index (χ3n) is 5.52. The molecule has 10 heteroatoms. The number of para-hydroxylation sites is 1. The highest BCUT2D eigenvalue weighted by atomic mass is 32.2. The van der Waals surface area contributed by atoms with Crippen molar-refractivity contribution in [3.8, 4) is 17.1 Å². The van der Waals surface area contributed by atoms with Gasteiger partial charge in [-0.25, -0.2) is 13.4 Å². The fourth-order valence-corrected chi connectivity index (χ4v) is 5.04. The molecule has 0 saturated carbocycles. The first-order valence-electron chi connectivity index (χ1n) is 10.7. The number of methoxy groups -OCH3 is 1. The molecular formula is C25H25N5O4S. The molecule has 0 atom stereocenters. The van der Waals surface area contributed by atoms with Crippen molar-refractivity contribution in [2.45, 2.75) is 18.7 Å². The van der Waals surface area contributed by atoms with Crippen molar-refractivity contribution in [1.29, 1.82) is 0 Å². The maximum absolute atomic E-state index is 13.2. The van der Waals surface area contributed by atoms with Gasteiger partial charge in [0.15, 0.2) is 4.90 Å². The number of aryl methyl sites for hydroxylation is 3. The number of pyridine rings is 1. The molecule has 35 heavy (non-hydrogen) atoms. The van der Waals surface area contributed by atoms with E-state index in [0.717, 1.165) is 22.4 Å². The lowest BCUT2D eigenvalue weighted by atomic mass is 10.1. The van der Waals surface area contributed by atoms with E-state index in [9.17, 15) is 13.2 Å². The van der Waals surface area contributed by atoms with E-state index in [1.807, 2.05) is 51.2 Å². The number of carbonyl (C=O) groups is 1. The predicted molar refractivity (Wildman–Crippen MR) is 134 cm³/mol. The lowest BCUT2D eigenvalue weighted by molar-refractivity contribution is 0.102. The quantitative estimate of drug-likeness (QED) is 0.401. The van der Waals surface area contributed by atoms with Gasteiger partial charge in [0.2, 0.25) is 5.88 Å². The monoisotopic (exact) mass is 491 g/mol. The molecule has 4 rings (SSSR count). The number of nitrogens with one attached hydrogen (secondary N) is 2. The van der Waals surface area contributed by atoms with E-state index >= 15 is 0 Å². The van der Waals surface area contributed by atoms with Crippen LogP contribution < -0.4 is 14.8 Å². The van der Waals surface area contributed by atoms with Crippen molar-refractivity contribution in [3.05, 3.63) is 83.7 Å². The van der Waals surface area contributed by atoms with Crippen LogP contribution in [-0.4, -0.2) is 36.2 Å². The topological polar surface area (TPSA) is 115 Å². The molecule has 0 aliphatic heterocycles. The Hall–Kier alpha value is -4.18. The minimum atomic E-state index is -4.06. The summed E-state index contributed by atoms with van der Waals surface area (Å²) in [6, 6.07) is 15.7. The Labute approximate surface area is 203 Å². The highest BCUT2D eigenvalue weighted by Crippen LogP contribution is 2.29. The van der Waals surface area contributed by atoms with E-state index in [1.54, 1.807) is 29.1 Å². The van der Waals surface area contributed by atoms with Crippen LogP contribution in [0, 0.1) is 13.8 Å². The predicted octanol–water partition coefficient (Wildman–Crippen LogP) is 4.16. The molecule has 0 bridgehead atoms. The van der Waals surface area contributed by atoms with Crippen LogP contribution in [0.1, 0.15) is 21.5 Å². The van der Waals surface area contributed by atoms with Gasteiger partial charge in [0.1, 0.15) is 0 Å². The van der Waals surface area contributed by atoms with Gasteiger partial charge >= 0.3 is 0 Å². The van der Waals surface area contributed by atoms with Gasteiger partial charge in [0.05, 0.1) is 30.4 Å². The molecule has 9 nitrogen and oxygen atoms in total. The van der Waals surface area contributed by atoms with Crippen molar-refractivity contribution in [3.63, 3.8) is 0 Å². The van der Waals surface area contributed by atoms with Crippen LogP contribution in [0.5, 0.6) is 5.88 Å². The minimum Gasteiger partial charge on any atom is -0.480 e. The van der Waals surface area contributed by atoms with Gasteiger partial charge in [-0.1, -0.05) is 30.3 Å². The molecule has 0 radical (unpaired) electrons. The third-order valence-corrected chi connectivity index (χ3v) is 6.86. The van der Waals surface area contributed by atoms with Crippen LogP contribution >= 0.6 is 0 Å². The SMILES string of the molecule is COc1ncc(NC(=O)c2cccc(-c3ccnn3C)c2)cc1S(=O)(=O)Nc1c(C)cccc1C. The number of nitrogens with zero attached hydrogens (tertiary/aromatic N) is 3. The summed E-state index contributed by atoms with van der Waals surface area (Å²) in [4.78, 5) is 16.9. The molecule has 2 aromatic carbocycles. The molecule has 0 aliphatic carbocycles. The second-order valence-corrected chi connectivity index (χ2v) is 9.63. The van der Waals surface area contributed by atoms with E-state index in [4.69, 9.17) is 4.74 Å². The number of aromatic nitrogens is 3. The van der Waals surface area contributed by atoms with Crippen molar-refractivity contribution in [2.24, 2.45) is 7.05 Å². The zero-order valence-corrected chi connectivity index (χ0v) is 20.6. The molecule has 180 valence electrons. The van der Waals surface area contributed by atoms with Crippen molar-refractivity contribution in [1.82, 2.24) is 14.8 Å². The molecule has 0 saturated heterocycles. The number of amides is 1. The van der Waals surface area contributed by atoms with Gasteiger partial charge in [-0.3, -0.25) is 14.2 Å². The van der Waals surface area contributed by atoms with Gasteiger partial charge in [0, 0.05) is 24.4 Å². The number of rotatable bonds is 7. The first-order chi connectivity index (χ1) is 16.7. The van der Waals surface area contributed by atoms with Gasteiger partial charge in [-0.05, 0) is 49.2 Å². The molecule has 2 N–H and O–H groups in total. The lowest BCUT2D eigenvalue weighted by Gasteiger charge is -2.15. The van der Waals surface area contributed by atoms with E-state index in [-0.39, 0.29) is 16.5 Å². The molecular weight excluding hydrogens is 466 g/mol. The normalized spacial score (nSPS) is 11.2. The van der Waals surface area contributed by atoms with Crippen molar-refractivity contribution in [2.75, 3.05) is 17.1 Å². The fraction of sp³-hybridized carbons (Fsp3) is 0.160. The number of sulfonamides is 1. The Kier molecular flexibility index (Phi) is 6.57. The maximum atomic E-state index is 13.2. The number of hydrogen-bond donors (Lipinski definition) is 2. The average Bonchev–Trinajstić information content (AvgIpc) is 3.27. The van der Waals surface area contributed by atoms with Crippen LogP contribution in [-0.2, 0) is 17.1 Å². The van der Waals surface area contributed by atoms with Crippen LogP contribution in [0.25, 0.3) is 11.3 Å². The second kappa shape index (κ2) is 9.59. The molecule has 2 heterocycles. The number of anilines is 2. The zero-order chi connectivity index (χ0) is 25.2. The number of benzene rings is 2. The van der Waals surface area contributed by atoms with Crippen LogP contribution in [0.2, 0.25) is 0 Å². The summed E-state index contributed by atoms with van der Waals surface area (Å²) >= 11 is 0. The average molecular weight is 492 g/mol. The standard InChI is InChI=1S/C25H25N5O4S/c1-16-7-5-8-17(2)23(16)29-35(32,33)22-14-20(15-26-25(22)34-4)28-24(31)19-10-6-9-18(13-19)21-11-12-27-30(21)3/h5-15,29H,1-4H3,(H,28,31). The summed E-state index contributed by atoms with van der Waals surface area (Å²) in [5.41, 5.74) is 4.33. The number of carbonyl (C=O) groups excluding carboxylic acids is 1. The Bertz CT molecular complexity index is 1490. The van der Waals surface area contributed by atoms with Crippen LogP contribution in [0.3, 0.4) is 0 Å². The van der Waals surface area contributed by atoms with Crippen molar-refractivity contribution >= 4 is 27.3 Å². The summed E-state index contributed by atoms with van der Waals surface area (Å²) in [6.45, 7) is 3.63. The minimum absolute atomic E-state index is 0.0834. The molecule has 0 spiro atoms. The molecule has 0 fully saturated rings. The summed E-state index contributed by atoms with van der Waals surface area (Å²) < 4.78 is 36.0. The van der Waals surface area contributed by atoms with Crippen LogP contribution in [0.4, 0.5) is 11.4 Å². The highest BCUT2D eigenvalue weighted by Gasteiger charge is 2.23. The van der Waals surface area contributed by atoms with Crippen molar-refractivity contribution < 1.29 is 17.9 Å². The molecule has 0 aliphatic rings. The molecule has 0 unspecified atom stereocenters. The first kappa shape index (κ1) is 24.0. The van der Waals surface area contributed by atoms with E-state index in [0.29, 0.717) is 11.3 Å². The van der Waals surface area contributed by atoms with Gasteiger partial charge < -0.3 is 10.1 Å². The summed E-state index contributed by atoms with van der Waals surface area (Å²) in [5.74, 6) is -0.494. The largest absolute Gasteiger partial charge is 0.480 e. The van der Waals surface area contributed by atoms with Crippen LogP contribution in [0.15, 0.2) is 71.9 Å². The van der Waals surface area contributed by atoms with E-state index < -0.39 is 15.9 Å². The van der Waals surface area contributed by atoms with Gasteiger partial charge in [0.25, 0.3) is 15.9 Å². The second-order valence-electron chi connectivity index (χ2n) is 7.98. The zero-order valence-electron chi connectivity index (χ0n) is 19.7. The molecule has 4 aromatic rings. The summed E-state index contributed by atoms with van der Waals surface area (Å²) in [5, 5.41) is 6.88. The van der Waals surface area contributed by atoms with E-state index in [2.05, 4.69) is 20.1 Å². The molecule has 1 amide bonds. The Balaban J connectivity index is 1.63. The van der Waals surface area contributed by atoms with E-state index in [1.165, 1.54) is 19.4 Å². The van der Waals surface area contributed by atoms with Gasteiger partial charge in [-0.15, -0.1) is 0 Å². The highest BCUT2D eigenvalue weighted by molar-refractivity contribution is 7.92. The summed E-state index contributed by atoms with van der Waals surface area (Å²) in [7, 11) is -0.909. The first-order valence-corrected chi connectivity index (χ1v) is 12.2. The summed E-state index contributed by atoms with van der Waals surface area (Å²) in [6.07, 6.45) is 3.03. The Morgan fingerprint density at radius 3 is 2.40 bits per heavy atom. The maximum Gasteiger partial charge on any atom is 0.267 e. The lowest BCUT2D eigenvalue weighted by Crippen LogP contribution is -2.18. The number of ether oxygens (including phenoxy) is 1. The third kappa shape index (κ3) is 5.02. The number of hydrogen-bond acceptors (Lipinski definition) is 6. The smallest absolute Gasteiger partial charge is 0.267 e. The Morgan fingerprint density at radius 1 is 1.03 bits per heavy atom. The van der Waals surface area contributed by atoms with Gasteiger partial charge in [-0.2, -0.15) is 5.10 Å². The fourth-order valence-electron chi connectivity index (χ4n) is 3.69. The Morgan fingerprint density at radius 2 is 1.74 bits per heavy atom. The molecule has 2 aromatic heterocycles.